The second kappa shape index (κ2) is 12.8. The Labute approximate surface area is 263 Å². The predicted molar refractivity (Wildman–Crippen MR) is 156 cm³/mol. The van der Waals surface area contributed by atoms with Crippen molar-refractivity contribution >= 4 is 36.9 Å². The molecule has 38 heavy (non-hydrogen) atoms. The summed E-state index contributed by atoms with van der Waals surface area (Å²) in [7, 11) is -4.10. The van der Waals surface area contributed by atoms with E-state index < -0.39 is 16.1 Å². The quantitative estimate of drug-likeness (QED) is 0.212. The van der Waals surface area contributed by atoms with E-state index in [1.54, 1.807) is 19.8 Å². The predicted octanol–water partition coefficient (Wildman–Crippen LogP) is -2.74. The fourth-order valence-electron chi connectivity index (χ4n) is 6.17. The third-order valence-electron chi connectivity index (χ3n) is 8.57. The monoisotopic (exact) mass is 632 g/mol. The first-order chi connectivity index (χ1) is 16.3. The van der Waals surface area contributed by atoms with Gasteiger partial charge in [0.05, 0.1) is 0 Å². The zero-order valence-corrected chi connectivity index (χ0v) is 29.9. The number of allylic oxidation sites excluding steroid dienone is 4. The summed E-state index contributed by atoms with van der Waals surface area (Å²) in [5.74, 6) is 0. The molecule has 0 spiro atoms. The van der Waals surface area contributed by atoms with E-state index in [9.17, 15) is 0 Å². The minimum absolute atomic E-state index is 0. The Morgan fingerprint density at radius 3 is 1.55 bits per heavy atom. The zero-order chi connectivity index (χ0) is 25.8. The molecule has 0 amide bonds. The Bertz CT molecular complexity index is 1320. The molecule has 4 rings (SSSR count). The van der Waals surface area contributed by atoms with Crippen LogP contribution in [0.5, 0.6) is 0 Å². The topological polar surface area (TPSA) is 0 Å². The summed E-state index contributed by atoms with van der Waals surface area (Å²) in [6.45, 7) is 21.6. The van der Waals surface area contributed by atoms with Crippen molar-refractivity contribution in [2.75, 3.05) is 0 Å². The molecule has 3 aromatic rings. The van der Waals surface area contributed by atoms with Crippen LogP contribution in [0.3, 0.4) is 0 Å². The number of hydrogen-bond acceptors (Lipinski definition) is 0. The van der Waals surface area contributed by atoms with Gasteiger partial charge in [0.2, 0.25) is 0 Å². The van der Waals surface area contributed by atoms with Crippen LogP contribution in [0.25, 0.3) is 0 Å². The van der Waals surface area contributed by atoms with E-state index in [-0.39, 0.29) is 42.3 Å². The molecule has 2 unspecified atom stereocenters. The minimum Gasteiger partial charge on any atom is -1.00 e. The molecule has 0 bridgehead atoms. The largest absolute Gasteiger partial charge is 1.00 e. The van der Waals surface area contributed by atoms with Crippen LogP contribution >= 0.6 is 0 Å². The molecule has 1 aliphatic rings. The van der Waals surface area contributed by atoms with E-state index >= 15 is 0 Å². The van der Waals surface area contributed by atoms with Gasteiger partial charge in [0.1, 0.15) is 0 Å². The molecule has 0 nitrogen and oxygen atoms in total. The molecule has 0 radical (unpaired) electrons. The van der Waals surface area contributed by atoms with Crippen molar-refractivity contribution < 1.29 is 57.7 Å². The Hall–Kier alpha value is -0.842. The molecule has 2 atom stereocenters. The van der Waals surface area contributed by atoms with Crippen molar-refractivity contribution in [3.8, 4) is 0 Å². The summed E-state index contributed by atoms with van der Waals surface area (Å²) >= 11 is 2.41. The maximum Gasteiger partial charge on any atom is -1.00 e. The number of benzene rings is 3. The third-order valence-corrected chi connectivity index (χ3v) is 18.0. The zero-order valence-electron chi connectivity index (χ0n) is 24.1. The molecule has 0 fully saturated rings. The summed E-state index contributed by atoms with van der Waals surface area (Å²) in [5.41, 5.74) is 7.20. The molecule has 6 heteroatoms. The summed E-state index contributed by atoms with van der Waals surface area (Å²) < 4.78 is 1.54. The SMILES string of the molecule is CC1=C(C)C(C)([Si](c2ccccc2)(c2ccc(C)cc2)c2cc(C)cc([Si](C)(C)C)c2)[C]([Ti+3])=C1C.[Cl-].[Cl-].[Cl-]. The molecule has 0 saturated heterocycles. The van der Waals surface area contributed by atoms with Gasteiger partial charge in [0.15, 0.2) is 0 Å². The van der Waals surface area contributed by atoms with Crippen LogP contribution < -0.4 is 58.0 Å². The molecule has 200 valence electrons. The van der Waals surface area contributed by atoms with Crippen LogP contribution in [-0.2, 0) is 20.4 Å². The first-order valence-corrected chi connectivity index (χ1v) is 19.0. The fraction of sp³-hybridized carbons (Fsp3) is 0.312. The molecule has 0 aliphatic heterocycles. The summed E-state index contributed by atoms with van der Waals surface area (Å²) in [5, 5.41) is 6.06. The third kappa shape index (κ3) is 5.53. The Balaban J connectivity index is 0.00000241. The first-order valence-electron chi connectivity index (χ1n) is 12.7. The van der Waals surface area contributed by atoms with Gasteiger partial charge in [-0.15, -0.1) is 0 Å². The van der Waals surface area contributed by atoms with Gasteiger partial charge in [-0.1, -0.05) is 0 Å². The Kier molecular flexibility index (Phi) is 11.8. The summed E-state index contributed by atoms with van der Waals surface area (Å²) in [4.78, 5) is 0. The van der Waals surface area contributed by atoms with E-state index in [2.05, 4.69) is 154 Å². The van der Waals surface area contributed by atoms with Gasteiger partial charge in [-0.3, -0.25) is 0 Å². The second-order valence-corrected chi connectivity index (χ2v) is 21.8. The van der Waals surface area contributed by atoms with Crippen molar-refractivity contribution in [2.24, 2.45) is 0 Å². The van der Waals surface area contributed by atoms with Crippen LogP contribution in [0.2, 0.25) is 24.7 Å². The van der Waals surface area contributed by atoms with Crippen LogP contribution in [0, 0.1) is 13.8 Å². The minimum atomic E-state index is -2.58. The molecular weight excluding hydrogens is 595 g/mol. The number of halogens is 3. The van der Waals surface area contributed by atoms with Gasteiger partial charge in [-0.05, 0) is 0 Å². The van der Waals surface area contributed by atoms with E-state index in [1.807, 2.05) is 0 Å². The van der Waals surface area contributed by atoms with Crippen LogP contribution in [-0.4, -0.2) is 16.1 Å². The maximum absolute atomic E-state index is 2.62. The van der Waals surface area contributed by atoms with Crippen molar-refractivity contribution in [3.05, 3.63) is 105 Å². The second-order valence-electron chi connectivity index (χ2n) is 11.7. The van der Waals surface area contributed by atoms with Gasteiger partial charge < -0.3 is 37.2 Å². The van der Waals surface area contributed by atoms with Crippen LogP contribution in [0.1, 0.15) is 38.8 Å². The first kappa shape index (κ1) is 35.2. The van der Waals surface area contributed by atoms with E-state index in [1.165, 1.54) is 32.6 Å². The van der Waals surface area contributed by atoms with E-state index in [0.29, 0.717) is 0 Å². The van der Waals surface area contributed by atoms with Gasteiger partial charge in [-0.25, -0.2) is 0 Å². The molecular formula is C32H39Cl3Si2Ti. The van der Waals surface area contributed by atoms with Gasteiger partial charge >= 0.3 is 228 Å². The smallest absolute Gasteiger partial charge is 1.00 e. The van der Waals surface area contributed by atoms with Crippen molar-refractivity contribution in [1.82, 2.24) is 0 Å². The maximum atomic E-state index is 2.62. The van der Waals surface area contributed by atoms with Crippen LogP contribution in [0.4, 0.5) is 0 Å². The summed E-state index contributed by atoms with van der Waals surface area (Å²) in [6.07, 6.45) is 0. The molecule has 0 saturated carbocycles. The molecule has 3 aromatic carbocycles. The normalized spacial score (nSPS) is 18.8. The van der Waals surface area contributed by atoms with Gasteiger partial charge in [-0.2, -0.15) is 0 Å². The van der Waals surface area contributed by atoms with Gasteiger partial charge in [0, 0.05) is 0 Å². The molecule has 0 heterocycles. The van der Waals surface area contributed by atoms with Crippen LogP contribution in [0.15, 0.2) is 93.4 Å². The van der Waals surface area contributed by atoms with E-state index in [4.69, 9.17) is 0 Å². The molecule has 0 N–H and O–H groups in total. The Morgan fingerprint density at radius 2 is 1.08 bits per heavy atom. The fourth-order valence-corrected chi connectivity index (χ4v) is 15.2. The number of hydrogen-bond donors (Lipinski definition) is 0. The van der Waals surface area contributed by atoms with Crippen molar-refractivity contribution in [2.45, 2.75) is 66.2 Å². The average molecular weight is 634 g/mol. The van der Waals surface area contributed by atoms with Crippen molar-refractivity contribution in [3.63, 3.8) is 0 Å². The summed E-state index contributed by atoms with van der Waals surface area (Å²) in [6, 6.07) is 28.6. The molecule has 0 aromatic heterocycles. The number of aryl methyl sites for hydroxylation is 2. The van der Waals surface area contributed by atoms with Crippen molar-refractivity contribution in [1.29, 1.82) is 0 Å². The van der Waals surface area contributed by atoms with Gasteiger partial charge in [0.25, 0.3) is 0 Å². The van der Waals surface area contributed by atoms with E-state index in [0.717, 1.165) is 0 Å². The number of rotatable bonds is 5. The average Bonchev–Trinajstić information content (AvgIpc) is 2.96. The standard InChI is InChI=1S/C32H39Si2.3ClH.Ti/c1-23-15-17-29(18-16-23)34(28-13-11-10-12-14-28,32(6)22-25(3)26(4)27(32)5)31-20-24(2)19-30(21-31)33(7,8)9;;;;/h10-21H,1-9H3;3*1H;/q;;;;+3/p-3. The molecule has 1 aliphatic carbocycles. The Morgan fingerprint density at radius 1 is 0.579 bits per heavy atom.